The molecular formula is C42H50N4O11. The highest BCUT2D eigenvalue weighted by Gasteiger charge is 2.26. The summed E-state index contributed by atoms with van der Waals surface area (Å²) in [6.07, 6.45) is 5.30. The number of anilines is 1. The van der Waals surface area contributed by atoms with E-state index in [4.69, 9.17) is 48.5 Å². The maximum Gasteiger partial charge on any atom is 0.255 e. The average Bonchev–Trinajstić information content (AvgIpc) is 3.23. The molecule has 1 heterocycles. The van der Waals surface area contributed by atoms with Crippen molar-refractivity contribution in [1.82, 2.24) is 10.4 Å². The van der Waals surface area contributed by atoms with Crippen LogP contribution in [-0.4, -0.2) is 80.4 Å². The Balaban J connectivity index is 0.000000713. The third-order valence-electron chi connectivity index (χ3n) is 8.48. The summed E-state index contributed by atoms with van der Waals surface area (Å²) in [5.74, 6) is 4.47. The number of hydrogen-bond donors (Lipinski definition) is 3. The predicted molar refractivity (Wildman–Crippen MR) is 216 cm³/mol. The van der Waals surface area contributed by atoms with E-state index in [0.29, 0.717) is 63.0 Å². The van der Waals surface area contributed by atoms with E-state index in [1.165, 1.54) is 5.06 Å². The molecule has 1 aliphatic rings. The average molecular weight is 787 g/mol. The molecule has 0 aliphatic carbocycles. The number of benzene rings is 4. The van der Waals surface area contributed by atoms with Gasteiger partial charge in [0.05, 0.1) is 61.1 Å². The number of primary amides is 1. The summed E-state index contributed by atoms with van der Waals surface area (Å²) in [6.45, 7) is 1.83. The number of methoxy groups -OCH3 is 7. The monoisotopic (exact) mass is 786 g/mol. The molecule has 0 bridgehead atoms. The van der Waals surface area contributed by atoms with E-state index in [0.717, 1.165) is 16.7 Å². The lowest BCUT2D eigenvalue weighted by Crippen LogP contribution is -2.38. The molecule has 4 aromatic carbocycles. The molecule has 57 heavy (non-hydrogen) atoms. The van der Waals surface area contributed by atoms with Gasteiger partial charge in [0.1, 0.15) is 11.9 Å². The molecule has 1 atom stereocenters. The second-order valence-electron chi connectivity index (χ2n) is 12.3. The van der Waals surface area contributed by atoms with Crippen LogP contribution < -0.4 is 54.4 Å². The zero-order valence-corrected chi connectivity index (χ0v) is 33.6. The van der Waals surface area contributed by atoms with Gasteiger partial charge in [-0.1, -0.05) is 24.3 Å². The molecule has 4 N–H and O–H groups in total. The first-order valence-corrected chi connectivity index (χ1v) is 17.6. The molecule has 2 amide bonds. The van der Waals surface area contributed by atoms with Gasteiger partial charge in [0.2, 0.25) is 11.7 Å². The quantitative estimate of drug-likeness (QED) is 0.0463. The molecule has 15 heteroatoms. The maximum atomic E-state index is 12.8. The molecule has 1 unspecified atom stereocenters. The predicted octanol–water partition coefficient (Wildman–Crippen LogP) is 6.44. The van der Waals surface area contributed by atoms with Crippen LogP contribution in [0.1, 0.15) is 46.6 Å². The van der Waals surface area contributed by atoms with Crippen molar-refractivity contribution < 1.29 is 52.3 Å². The first-order valence-electron chi connectivity index (χ1n) is 17.6. The Labute approximate surface area is 332 Å². The van der Waals surface area contributed by atoms with E-state index in [1.54, 1.807) is 88.0 Å². The van der Waals surface area contributed by atoms with E-state index in [-0.39, 0.29) is 25.0 Å². The summed E-state index contributed by atoms with van der Waals surface area (Å²) >= 11 is 0. The van der Waals surface area contributed by atoms with Crippen LogP contribution in [0.15, 0.2) is 78.6 Å². The Morgan fingerprint density at radius 3 is 1.98 bits per heavy atom. The van der Waals surface area contributed by atoms with Gasteiger partial charge < -0.3 is 59.1 Å². The fourth-order valence-electron chi connectivity index (χ4n) is 5.45. The van der Waals surface area contributed by atoms with Crippen LogP contribution in [0.25, 0.3) is 12.2 Å². The minimum absolute atomic E-state index is 0.0674. The molecule has 0 saturated heterocycles. The van der Waals surface area contributed by atoms with Crippen LogP contribution in [0.4, 0.5) is 5.69 Å². The number of ether oxygens (including phenoxy) is 8. The van der Waals surface area contributed by atoms with Gasteiger partial charge in [-0.15, -0.1) is 5.06 Å². The lowest BCUT2D eigenvalue weighted by Gasteiger charge is -2.29. The third kappa shape index (κ3) is 11.6. The standard InChI is InChI=1S/C36H39N3O9.C6H11NO2/c1-39(48-31-16-22(10-14-28(31)42-3)8-9-23-17-32(44-5)34(46-7)33(18-23)45-6)21-47-29-15-11-24(19-30(29)43-4)35-37-27-13-12-25(41-2)20-26(27)36(40)38-35;1-5(9-2)3-4-6(7)8/h8-20,35,37H,21H2,1-7H3,(H,38,40);3H,4H2,1-2H3,(H2,7,8)/b9-8-;5-3+. The Bertz CT molecular complexity index is 2040. The number of nitrogens with zero attached hydrogens (tertiary/aromatic N) is 1. The number of hydroxylamine groups is 2. The second-order valence-corrected chi connectivity index (χ2v) is 12.3. The van der Waals surface area contributed by atoms with Crippen LogP contribution >= 0.6 is 0 Å². The second kappa shape index (κ2) is 20.8. The van der Waals surface area contributed by atoms with Crippen molar-refractivity contribution in [2.24, 2.45) is 5.73 Å². The third-order valence-corrected chi connectivity index (χ3v) is 8.48. The number of allylic oxidation sites excluding steroid dienone is 1. The largest absolute Gasteiger partial charge is 0.502 e. The van der Waals surface area contributed by atoms with E-state index < -0.39 is 6.17 Å². The van der Waals surface area contributed by atoms with Crippen LogP contribution in [-0.2, 0) is 9.53 Å². The molecule has 5 rings (SSSR count). The first-order chi connectivity index (χ1) is 27.5. The lowest BCUT2D eigenvalue weighted by molar-refractivity contribution is -0.117. The van der Waals surface area contributed by atoms with Gasteiger partial charge in [0.25, 0.3) is 5.91 Å². The van der Waals surface area contributed by atoms with Gasteiger partial charge >= 0.3 is 0 Å². The number of nitrogens with two attached hydrogens (primary N) is 1. The van der Waals surface area contributed by atoms with Crippen molar-refractivity contribution in [2.45, 2.75) is 19.5 Å². The number of rotatable bonds is 17. The van der Waals surface area contributed by atoms with Crippen molar-refractivity contribution in [1.29, 1.82) is 0 Å². The van der Waals surface area contributed by atoms with Crippen molar-refractivity contribution in [3.05, 3.63) is 101 Å². The SMILES string of the molecule is CO/C(C)=C/CC(N)=O.COc1ccc2c(c1)C(=O)NC(c1ccc(OCN(C)Oc3cc(/C=C\c4cc(OC)c(OC)c(OC)c4)ccc3OC)c(OC)c1)N2. The molecule has 0 fully saturated rings. The van der Waals surface area contributed by atoms with Crippen molar-refractivity contribution in [2.75, 3.05) is 68.9 Å². The molecular weight excluding hydrogens is 736 g/mol. The summed E-state index contributed by atoms with van der Waals surface area (Å²) < 4.78 is 43.6. The Morgan fingerprint density at radius 2 is 1.37 bits per heavy atom. The van der Waals surface area contributed by atoms with E-state index in [2.05, 4.69) is 10.6 Å². The molecule has 304 valence electrons. The number of fused-ring (bicyclic) bond motifs is 1. The molecule has 15 nitrogen and oxygen atoms in total. The number of carbonyl (C=O) groups excluding carboxylic acids is 2. The van der Waals surface area contributed by atoms with Crippen LogP contribution in [0.5, 0.6) is 46.0 Å². The fourth-order valence-corrected chi connectivity index (χ4v) is 5.45. The smallest absolute Gasteiger partial charge is 0.255 e. The highest BCUT2D eigenvalue weighted by atomic mass is 16.7. The summed E-state index contributed by atoms with van der Waals surface area (Å²) in [5, 5.41) is 7.85. The topological polar surface area (TPSA) is 171 Å². The Morgan fingerprint density at radius 1 is 0.719 bits per heavy atom. The number of amides is 2. The molecule has 0 aromatic heterocycles. The van der Waals surface area contributed by atoms with Gasteiger partial charge in [0.15, 0.2) is 41.2 Å². The van der Waals surface area contributed by atoms with Crippen molar-refractivity contribution in [3.63, 3.8) is 0 Å². The molecule has 0 spiro atoms. The number of hydrogen-bond acceptors (Lipinski definition) is 13. The van der Waals surface area contributed by atoms with E-state index in [1.807, 2.05) is 60.7 Å². The van der Waals surface area contributed by atoms with Crippen LogP contribution in [0.3, 0.4) is 0 Å². The minimum atomic E-state index is -0.463. The summed E-state index contributed by atoms with van der Waals surface area (Å²) in [4.78, 5) is 29.1. The van der Waals surface area contributed by atoms with E-state index in [9.17, 15) is 9.59 Å². The summed E-state index contributed by atoms with van der Waals surface area (Å²) in [6, 6.07) is 20.1. The Kier molecular flexibility index (Phi) is 15.7. The Hall–Kier alpha value is -6.74. The maximum absolute atomic E-state index is 12.8. The fraction of sp³-hybridized carbons (Fsp3) is 0.286. The van der Waals surface area contributed by atoms with Crippen molar-refractivity contribution in [3.8, 4) is 46.0 Å². The molecule has 4 aromatic rings. The van der Waals surface area contributed by atoms with Crippen LogP contribution in [0, 0.1) is 0 Å². The van der Waals surface area contributed by atoms with Gasteiger partial charge in [-0.25, -0.2) is 0 Å². The molecule has 0 saturated carbocycles. The van der Waals surface area contributed by atoms with Gasteiger partial charge in [0, 0.05) is 19.2 Å². The number of carbonyl (C=O) groups is 2. The van der Waals surface area contributed by atoms with Gasteiger partial charge in [-0.3, -0.25) is 9.59 Å². The van der Waals surface area contributed by atoms with Gasteiger partial charge in [-0.2, -0.15) is 0 Å². The van der Waals surface area contributed by atoms with Crippen LogP contribution in [0.2, 0.25) is 0 Å². The van der Waals surface area contributed by atoms with Gasteiger partial charge in [-0.05, 0) is 84.3 Å². The summed E-state index contributed by atoms with van der Waals surface area (Å²) in [7, 11) is 12.7. The summed E-state index contributed by atoms with van der Waals surface area (Å²) in [5.41, 5.74) is 8.60. The highest BCUT2D eigenvalue weighted by Crippen LogP contribution is 2.39. The zero-order chi connectivity index (χ0) is 41.5. The number of nitrogens with one attached hydrogen (secondary N) is 2. The minimum Gasteiger partial charge on any atom is -0.502 e. The first kappa shape index (κ1) is 43.0. The molecule has 1 aliphatic heterocycles. The lowest BCUT2D eigenvalue weighted by atomic mass is 10.0. The molecule has 0 radical (unpaired) electrons. The highest BCUT2D eigenvalue weighted by molar-refractivity contribution is 6.02. The normalized spacial score (nSPS) is 13.3. The van der Waals surface area contributed by atoms with E-state index >= 15 is 0 Å². The zero-order valence-electron chi connectivity index (χ0n) is 33.6. The van der Waals surface area contributed by atoms with Crippen molar-refractivity contribution >= 4 is 29.7 Å².